The van der Waals surface area contributed by atoms with Crippen LogP contribution >= 0.6 is 0 Å². The number of hydrogen-bond acceptors (Lipinski definition) is 13. The lowest BCUT2D eigenvalue weighted by Gasteiger charge is -2.46. The van der Waals surface area contributed by atoms with E-state index in [1.165, 1.54) is 193 Å². The molecule has 2 aliphatic heterocycles. The molecule has 2 heterocycles. The highest BCUT2D eigenvalue weighted by atomic mass is 16.7. The first kappa shape index (κ1) is 95.2. The summed E-state index contributed by atoms with van der Waals surface area (Å²) in [6.45, 7) is 2.72. The molecule has 14 heteroatoms. The van der Waals surface area contributed by atoms with E-state index in [0.717, 1.165) is 109 Å². The fourth-order valence-electron chi connectivity index (χ4n) is 13.0. The molecule has 2 rings (SSSR count). The van der Waals surface area contributed by atoms with E-state index in [0.29, 0.717) is 6.42 Å². The first-order valence-electron chi connectivity index (χ1n) is 41.9. The summed E-state index contributed by atoms with van der Waals surface area (Å²) in [6.07, 6.45) is 89.5. The van der Waals surface area contributed by atoms with Crippen molar-refractivity contribution in [3.8, 4) is 0 Å². The summed E-state index contributed by atoms with van der Waals surface area (Å²) in [5.41, 5.74) is 0. The van der Waals surface area contributed by atoms with Gasteiger partial charge in [-0.2, -0.15) is 0 Å². The molecule has 14 nitrogen and oxygen atoms in total. The van der Waals surface area contributed by atoms with E-state index >= 15 is 0 Å². The highest BCUT2D eigenvalue weighted by Gasteiger charge is 2.51. The van der Waals surface area contributed by atoms with Crippen LogP contribution < -0.4 is 5.32 Å². The largest absolute Gasteiger partial charge is 0.394 e. The minimum atomic E-state index is -1.80. The summed E-state index contributed by atoms with van der Waals surface area (Å²) >= 11 is 0. The van der Waals surface area contributed by atoms with Gasteiger partial charge in [0.15, 0.2) is 12.6 Å². The van der Waals surface area contributed by atoms with Gasteiger partial charge in [0, 0.05) is 6.42 Å². The Morgan fingerprint density at radius 1 is 0.359 bits per heavy atom. The van der Waals surface area contributed by atoms with Gasteiger partial charge in [0.2, 0.25) is 5.91 Å². The highest BCUT2D eigenvalue weighted by Crippen LogP contribution is 2.30. The molecule has 0 saturated carbocycles. The van der Waals surface area contributed by atoms with Crippen LogP contribution in [0.4, 0.5) is 0 Å². The fraction of sp³-hybridized carbons (Fsp3) is 0.742. The van der Waals surface area contributed by atoms with Crippen molar-refractivity contribution in [3.63, 3.8) is 0 Å². The molecule has 0 bridgehead atoms. The third kappa shape index (κ3) is 53.6. The lowest BCUT2D eigenvalue weighted by Crippen LogP contribution is -2.65. The second kappa shape index (κ2) is 71.1. The Morgan fingerprint density at radius 2 is 0.670 bits per heavy atom. The Labute approximate surface area is 628 Å². The third-order valence-electron chi connectivity index (χ3n) is 19.6. The van der Waals surface area contributed by atoms with E-state index in [2.05, 4.69) is 141 Å². The molecule has 2 fully saturated rings. The van der Waals surface area contributed by atoms with Crippen molar-refractivity contribution >= 4 is 5.91 Å². The first-order valence-corrected chi connectivity index (χ1v) is 41.9. The molecule has 12 atom stereocenters. The van der Waals surface area contributed by atoms with E-state index in [4.69, 9.17) is 18.9 Å². The van der Waals surface area contributed by atoms with Crippen LogP contribution in [-0.4, -0.2) is 140 Å². The smallest absolute Gasteiger partial charge is 0.220 e. The maximum absolute atomic E-state index is 13.4. The molecule has 0 aromatic carbocycles. The number of aliphatic hydroxyl groups excluding tert-OH is 8. The Hall–Kier alpha value is -3.87. The van der Waals surface area contributed by atoms with Crippen molar-refractivity contribution in [2.75, 3.05) is 19.8 Å². The summed E-state index contributed by atoms with van der Waals surface area (Å²) in [5.74, 6) is -0.245. The van der Waals surface area contributed by atoms with Crippen molar-refractivity contribution in [2.24, 2.45) is 0 Å². The molecule has 1 amide bonds. The van der Waals surface area contributed by atoms with Crippen LogP contribution in [0.1, 0.15) is 328 Å². The van der Waals surface area contributed by atoms with Crippen molar-refractivity contribution < 1.29 is 64.6 Å². The van der Waals surface area contributed by atoms with Crippen LogP contribution in [0.5, 0.6) is 0 Å². The zero-order chi connectivity index (χ0) is 74.4. The van der Waals surface area contributed by atoms with E-state index < -0.39 is 86.8 Å². The molecular formula is C89H153NO13. The molecule has 0 aromatic rings. The molecular weight excluding hydrogens is 1290 g/mol. The van der Waals surface area contributed by atoms with E-state index in [9.17, 15) is 45.6 Å². The topological polar surface area (TPSA) is 228 Å². The number of amides is 1. The van der Waals surface area contributed by atoms with Crippen LogP contribution in [0.15, 0.2) is 134 Å². The Morgan fingerprint density at radius 3 is 1.03 bits per heavy atom. The molecule has 2 aliphatic rings. The maximum Gasteiger partial charge on any atom is 0.220 e. The number of carbonyl (C=O) groups excluding carboxylic acids is 1. The summed E-state index contributed by atoms with van der Waals surface area (Å²) < 4.78 is 22.9. The van der Waals surface area contributed by atoms with Crippen LogP contribution in [0.25, 0.3) is 0 Å². The van der Waals surface area contributed by atoms with Crippen LogP contribution in [0.2, 0.25) is 0 Å². The predicted molar refractivity (Wildman–Crippen MR) is 428 cm³/mol. The maximum atomic E-state index is 13.4. The van der Waals surface area contributed by atoms with Crippen molar-refractivity contribution in [3.05, 3.63) is 134 Å². The van der Waals surface area contributed by atoms with Gasteiger partial charge in [-0.1, -0.05) is 359 Å². The van der Waals surface area contributed by atoms with Crippen molar-refractivity contribution in [2.45, 2.75) is 402 Å². The van der Waals surface area contributed by atoms with Crippen molar-refractivity contribution in [1.82, 2.24) is 5.32 Å². The van der Waals surface area contributed by atoms with Crippen LogP contribution in [-0.2, 0) is 23.7 Å². The predicted octanol–water partition coefficient (Wildman–Crippen LogP) is 19.7. The van der Waals surface area contributed by atoms with Crippen molar-refractivity contribution in [1.29, 1.82) is 0 Å². The zero-order valence-electron chi connectivity index (χ0n) is 65.0. The molecule has 0 radical (unpaired) electrons. The minimum absolute atomic E-state index is 0.245. The van der Waals surface area contributed by atoms with Crippen LogP contribution in [0, 0.1) is 0 Å². The van der Waals surface area contributed by atoms with Gasteiger partial charge >= 0.3 is 0 Å². The molecule has 103 heavy (non-hydrogen) atoms. The SMILES string of the molecule is CC/C=C\C/C=C\C/C=C\C/C=C\C/C=C\C/C=C\C/C=C\C/C=C\C/C=C\C/C=C\CCCCCCCCCCCCC(=O)NC(COC1OC(CO)C(OC2OC(CO)C(O)C(O)C2O)C(O)C1O)C(O)/C=C/CCCCCCCCCCCCCCCCCCCCCCCCCCCC. The quantitative estimate of drug-likeness (QED) is 0.0204. The molecule has 0 aromatic heterocycles. The second-order valence-corrected chi connectivity index (χ2v) is 28.9. The van der Waals surface area contributed by atoms with E-state index in [-0.39, 0.29) is 18.9 Å². The fourth-order valence-corrected chi connectivity index (χ4v) is 13.0. The zero-order valence-corrected chi connectivity index (χ0v) is 65.0. The lowest BCUT2D eigenvalue weighted by molar-refractivity contribution is -0.359. The standard InChI is InChI=1S/C89H153NO13/c1-3-5-7-9-11-13-15-17-19-21-23-25-27-29-31-33-34-35-36-37-38-39-40-41-42-43-44-45-47-49-51-53-55-57-59-61-63-65-67-69-71-73-81(94)90-77(76-100-88-86(99)84(97)87(80(75-92)102-88)103-89-85(98)83(96)82(95)79(74-91)101-89)78(93)72-70-68-66-64-62-60-58-56-54-52-50-48-46-32-30-28-26-24-22-20-18-16-14-12-10-8-6-4-2/h5,7,11,13,17,19,23,25,29,31,34-35,37-38,40-41,43-44,47,49,70,72,77-80,82-89,91-93,95-99H,3-4,6,8-10,12,14-16,18,20-22,24,26-28,30,32-33,36,39,42,45-46,48,50-69,71,73-76H2,1-2H3,(H,90,94)/b7-5-,13-11-,19-17-,25-23-,31-29-,35-34-,38-37-,41-40-,44-43-,49-47-,72-70+. The average Bonchev–Trinajstić information content (AvgIpc) is 0.791. The molecule has 0 aliphatic carbocycles. The number of rotatable bonds is 69. The number of unbranched alkanes of at least 4 members (excludes halogenated alkanes) is 36. The monoisotopic (exact) mass is 1440 g/mol. The average molecular weight is 1450 g/mol. The van der Waals surface area contributed by atoms with E-state index in [1.54, 1.807) is 6.08 Å². The van der Waals surface area contributed by atoms with Gasteiger partial charge in [-0.25, -0.2) is 0 Å². The molecule has 2 saturated heterocycles. The minimum Gasteiger partial charge on any atom is -0.394 e. The Bertz CT molecular complexity index is 2250. The lowest BCUT2D eigenvalue weighted by atomic mass is 9.97. The number of carbonyl (C=O) groups is 1. The number of hydrogen-bond donors (Lipinski definition) is 9. The number of allylic oxidation sites excluding steroid dienone is 21. The van der Waals surface area contributed by atoms with Gasteiger partial charge in [0.05, 0.1) is 32.0 Å². The van der Waals surface area contributed by atoms with Gasteiger partial charge in [-0.15, -0.1) is 0 Å². The van der Waals surface area contributed by atoms with Crippen LogP contribution in [0.3, 0.4) is 0 Å². The summed E-state index contributed by atoms with van der Waals surface area (Å²) in [5, 5.41) is 87.8. The second-order valence-electron chi connectivity index (χ2n) is 28.9. The number of nitrogens with one attached hydrogen (secondary N) is 1. The summed E-state index contributed by atoms with van der Waals surface area (Å²) in [4.78, 5) is 13.4. The number of ether oxygens (including phenoxy) is 4. The molecule has 592 valence electrons. The summed E-state index contributed by atoms with van der Waals surface area (Å²) in [7, 11) is 0. The summed E-state index contributed by atoms with van der Waals surface area (Å²) in [6, 6.07) is -0.928. The molecule has 0 spiro atoms. The third-order valence-corrected chi connectivity index (χ3v) is 19.6. The molecule has 9 N–H and O–H groups in total. The normalized spacial score (nSPS) is 22.3. The van der Waals surface area contributed by atoms with E-state index in [1.807, 2.05) is 6.08 Å². The number of aliphatic hydroxyl groups is 8. The van der Waals surface area contributed by atoms with Gasteiger partial charge in [0.1, 0.15) is 48.8 Å². The van der Waals surface area contributed by atoms with Gasteiger partial charge < -0.3 is 65.1 Å². The first-order chi connectivity index (χ1) is 50.6. The van der Waals surface area contributed by atoms with Gasteiger partial charge in [-0.3, -0.25) is 4.79 Å². The van der Waals surface area contributed by atoms with Gasteiger partial charge in [0.25, 0.3) is 0 Å². The highest BCUT2D eigenvalue weighted by molar-refractivity contribution is 5.76. The van der Waals surface area contributed by atoms with Gasteiger partial charge in [-0.05, 0) is 96.3 Å². The molecule has 12 unspecified atom stereocenters. The Balaban J connectivity index is 1.61. The Kier molecular flexibility index (Phi) is 65.7.